The number of likely N-dealkylation sites (tertiary alicyclic amines) is 1. The third-order valence-corrected chi connectivity index (χ3v) is 3.77. The summed E-state index contributed by atoms with van der Waals surface area (Å²) in [5.74, 6) is 0.134. The van der Waals surface area contributed by atoms with Crippen LogP contribution in [-0.4, -0.2) is 46.6 Å². The smallest absolute Gasteiger partial charge is 0.337 e. The molecule has 1 aromatic heterocycles. The molecule has 20 heavy (non-hydrogen) atoms. The van der Waals surface area contributed by atoms with Crippen LogP contribution in [0.25, 0.3) is 0 Å². The Morgan fingerprint density at radius 3 is 2.95 bits per heavy atom. The minimum atomic E-state index is -1.01. The summed E-state index contributed by atoms with van der Waals surface area (Å²) in [6.07, 6.45) is 2.49. The molecule has 0 radical (unpaired) electrons. The first kappa shape index (κ1) is 14.6. The molecule has 0 aliphatic carbocycles. The number of carbonyl (C=O) groups is 1. The second-order valence-electron chi connectivity index (χ2n) is 5.59. The summed E-state index contributed by atoms with van der Waals surface area (Å²) in [4.78, 5) is 17.3. The van der Waals surface area contributed by atoms with Crippen LogP contribution >= 0.6 is 0 Å². The number of rotatable bonds is 5. The van der Waals surface area contributed by atoms with Crippen molar-refractivity contribution in [3.63, 3.8) is 0 Å². The van der Waals surface area contributed by atoms with Crippen LogP contribution in [0.1, 0.15) is 30.6 Å². The van der Waals surface area contributed by atoms with E-state index in [1.54, 1.807) is 0 Å². The maximum absolute atomic E-state index is 10.8. The summed E-state index contributed by atoms with van der Waals surface area (Å²) >= 11 is 0. The molecule has 1 atom stereocenters. The highest BCUT2D eigenvalue weighted by Crippen LogP contribution is 2.21. The molecule has 0 bridgehead atoms. The average molecular weight is 278 g/mol. The van der Waals surface area contributed by atoms with E-state index >= 15 is 0 Å². The lowest BCUT2D eigenvalue weighted by atomic mass is 10.1. The number of nitrogens with zero attached hydrogens (tertiary/aromatic N) is 2. The first-order valence-corrected chi connectivity index (χ1v) is 6.94. The Bertz CT molecular complexity index is 490. The predicted molar refractivity (Wildman–Crippen MR) is 78.9 cm³/mol. The van der Waals surface area contributed by atoms with Gasteiger partial charge in [-0.05, 0) is 38.8 Å². The van der Waals surface area contributed by atoms with Gasteiger partial charge in [-0.15, -0.1) is 0 Å². The van der Waals surface area contributed by atoms with Crippen LogP contribution in [0.15, 0.2) is 12.3 Å². The van der Waals surface area contributed by atoms with Crippen LogP contribution in [0.2, 0.25) is 0 Å². The number of nitrogen functional groups attached to an aromatic ring is 1. The zero-order chi connectivity index (χ0) is 14.7. The Labute approximate surface area is 119 Å². The summed E-state index contributed by atoms with van der Waals surface area (Å²) in [5.41, 5.74) is 6.31. The third-order valence-electron chi connectivity index (χ3n) is 3.77. The Hall–Kier alpha value is -1.82. The molecule has 6 nitrogen and oxygen atoms in total. The standard InChI is InChI=1S/C14H22N4O2/c1-9(2)18-4-3-10(8-18)6-16-13-12(15)5-11(7-17-13)14(19)20/h5,7,9-10H,3-4,6,8,15H2,1-2H3,(H,16,17)(H,19,20). The van der Waals surface area contributed by atoms with Gasteiger partial charge in [0.15, 0.2) is 0 Å². The van der Waals surface area contributed by atoms with Crippen molar-refractivity contribution in [3.05, 3.63) is 17.8 Å². The molecule has 1 aromatic rings. The van der Waals surface area contributed by atoms with Crippen molar-refractivity contribution >= 4 is 17.5 Å². The van der Waals surface area contributed by atoms with Crippen LogP contribution in [-0.2, 0) is 0 Å². The second-order valence-corrected chi connectivity index (χ2v) is 5.59. The van der Waals surface area contributed by atoms with Crippen LogP contribution in [0, 0.1) is 5.92 Å². The van der Waals surface area contributed by atoms with Crippen molar-refractivity contribution in [3.8, 4) is 0 Å². The van der Waals surface area contributed by atoms with E-state index in [9.17, 15) is 4.79 Å². The van der Waals surface area contributed by atoms with Gasteiger partial charge in [-0.2, -0.15) is 0 Å². The van der Waals surface area contributed by atoms with Crippen molar-refractivity contribution in [1.29, 1.82) is 0 Å². The molecule has 1 fully saturated rings. The lowest BCUT2D eigenvalue weighted by Crippen LogP contribution is -2.29. The third kappa shape index (κ3) is 3.39. The fourth-order valence-corrected chi connectivity index (χ4v) is 2.49. The molecule has 1 aliphatic rings. The number of aromatic carboxylic acids is 1. The number of nitrogens with one attached hydrogen (secondary N) is 1. The summed E-state index contributed by atoms with van der Waals surface area (Å²) in [6, 6.07) is 2.02. The number of carboxylic acid groups (broad SMARTS) is 1. The van der Waals surface area contributed by atoms with Gasteiger partial charge in [-0.1, -0.05) is 0 Å². The van der Waals surface area contributed by atoms with E-state index in [0.717, 1.165) is 26.1 Å². The number of pyridine rings is 1. The fraction of sp³-hybridized carbons (Fsp3) is 0.571. The summed E-state index contributed by atoms with van der Waals surface area (Å²) in [7, 11) is 0. The molecule has 110 valence electrons. The van der Waals surface area contributed by atoms with Gasteiger partial charge in [0.25, 0.3) is 0 Å². The highest BCUT2D eigenvalue weighted by atomic mass is 16.4. The maximum atomic E-state index is 10.8. The molecule has 1 saturated heterocycles. The average Bonchev–Trinajstić information content (AvgIpc) is 2.86. The van der Waals surface area contributed by atoms with Crippen LogP contribution < -0.4 is 11.1 Å². The quantitative estimate of drug-likeness (QED) is 0.756. The minimum Gasteiger partial charge on any atom is -0.478 e. The normalized spacial score (nSPS) is 19.4. The van der Waals surface area contributed by atoms with Gasteiger partial charge >= 0.3 is 5.97 Å². The molecule has 1 unspecified atom stereocenters. The van der Waals surface area contributed by atoms with Crippen molar-refractivity contribution in [1.82, 2.24) is 9.88 Å². The first-order valence-electron chi connectivity index (χ1n) is 6.94. The lowest BCUT2D eigenvalue weighted by Gasteiger charge is -2.20. The summed E-state index contributed by atoms with van der Waals surface area (Å²) in [5, 5.41) is 12.1. The number of hydrogen-bond donors (Lipinski definition) is 3. The van der Waals surface area contributed by atoms with Gasteiger partial charge in [0.2, 0.25) is 0 Å². The Balaban J connectivity index is 1.90. The molecule has 4 N–H and O–H groups in total. The number of aromatic nitrogens is 1. The number of carboxylic acids is 1. The predicted octanol–water partition coefficient (Wildman–Crippen LogP) is 1.50. The molecule has 2 rings (SSSR count). The van der Waals surface area contributed by atoms with E-state index in [4.69, 9.17) is 10.8 Å². The van der Waals surface area contributed by atoms with E-state index in [1.165, 1.54) is 12.3 Å². The highest BCUT2D eigenvalue weighted by molar-refractivity contribution is 5.89. The molecule has 6 heteroatoms. The number of nitrogens with two attached hydrogens (primary N) is 1. The van der Waals surface area contributed by atoms with Crippen LogP contribution in [0.3, 0.4) is 0 Å². The van der Waals surface area contributed by atoms with Crippen LogP contribution in [0.4, 0.5) is 11.5 Å². The van der Waals surface area contributed by atoms with Crippen molar-refractivity contribution in [2.24, 2.45) is 5.92 Å². The molecule has 1 aliphatic heterocycles. The molecular weight excluding hydrogens is 256 g/mol. The van der Waals surface area contributed by atoms with Crippen LogP contribution in [0.5, 0.6) is 0 Å². The molecule has 0 saturated carbocycles. The Kier molecular flexibility index (Phi) is 4.44. The summed E-state index contributed by atoms with van der Waals surface area (Å²) < 4.78 is 0. The zero-order valence-corrected chi connectivity index (χ0v) is 12.0. The molecule has 0 spiro atoms. The van der Waals surface area contributed by atoms with Crippen molar-refractivity contribution in [2.75, 3.05) is 30.7 Å². The Morgan fingerprint density at radius 1 is 1.65 bits per heavy atom. The van der Waals surface area contributed by atoms with E-state index in [-0.39, 0.29) is 5.56 Å². The van der Waals surface area contributed by atoms with Gasteiger partial charge in [0.05, 0.1) is 11.3 Å². The van der Waals surface area contributed by atoms with Gasteiger partial charge < -0.3 is 21.1 Å². The Morgan fingerprint density at radius 2 is 2.40 bits per heavy atom. The van der Waals surface area contributed by atoms with Gasteiger partial charge in [0, 0.05) is 25.3 Å². The second kappa shape index (κ2) is 6.09. The van der Waals surface area contributed by atoms with Gasteiger partial charge in [0.1, 0.15) is 5.82 Å². The van der Waals surface area contributed by atoms with Crippen molar-refractivity contribution < 1.29 is 9.90 Å². The maximum Gasteiger partial charge on any atom is 0.337 e. The van der Waals surface area contributed by atoms with E-state index in [0.29, 0.717) is 23.5 Å². The van der Waals surface area contributed by atoms with Gasteiger partial charge in [-0.3, -0.25) is 0 Å². The number of hydrogen-bond acceptors (Lipinski definition) is 5. The highest BCUT2D eigenvalue weighted by Gasteiger charge is 2.24. The van der Waals surface area contributed by atoms with Crippen molar-refractivity contribution in [2.45, 2.75) is 26.3 Å². The SMILES string of the molecule is CC(C)N1CCC(CNc2ncc(C(=O)O)cc2N)C1. The largest absolute Gasteiger partial charge is 0.478 e. The minimum absolute atomic E-state index is 0.111. The fourth-order valence-electron chi connectivity index (χ4n) is 2.49. The molecular formula is C14H22N4O2. The van der Waals surface area contributed by atoms with E-state index in [2.05, 4.69) is 29.0 Å². The summed E-state index contributed by atoms with van der Waals surface area (Å²) in [6.45, 7) is 7.44. The molecule has 0 amide bonds. The van der Waals surface area contributed by atoms with Gasteiger partial charge in [-0.25, -0.2) is 9.78 Å². The molecule has 2 heterocycles. The first-order chi connectivity index (χ1) is 9.47. The zero-order valence-electron chi connectivity index (χ0n) is 12.0. The van der Waals surface area contributed by atoms with E-state index < -0.39 is 5.97 Å². The lowest BCUT2D eigenvalue weighted by molar-refractivity contribution is 0.0696. The molecule has 0 aromatic carbocycles. The monoisotopic (exact) mass is 278 g/mol. The number of anilines is 2. The topological polar surface area (TPSA) is 91.5 Å². The van der Waals surface area contributed by atoms with E-state index in [1.807, 2.05) is 0 Å².